The van der Waals surface area contributed by atoms with E-state index in [-0.39, 0.29) is 18.8 Å². The van der Waals surface area contributed by atoms with Crippen molar-refractivity contribution in [3.05, 3.63) is 33.8 Å². The standard InChI is InChI=1S/C13H13Cl2NO4/c1-13(12(18)19)6-20-5-10(13)16-11(17)7-2-8(14)4-9(15)3-7/h2-4,10H,5-6H2,1H3,(H,16,17)(H,18,19). The number of hydrogen-bond donors (Lipinski definition) is 2. The van der Waals surface area contributed by atoms with Crippen molar-refractivity contribution in [1.82, 2.24) is 5.32 Å². The van der Waals surface area contributed by atoms with Gasteiger partial charge in [-0.05, 0) is 25.1 Å². The third kappa shape index (κ3) is 2.90. The summed E-state index contributed by atoms with van der Waals surface area (Å²) in [7, 11) is 0. The lowest BCUT2D eigenvalue weighted by molar-refractivity contribution is -0.148. The summed E-state index contributed by atoms with van der Waals surface area (Å²) in [6, 6.07) is 3.85. The first kappa shape index (κ1) is 15.1. The maximum atomic E-state index is 12.1. The van der Waals surface area contributed by atoms with Crippen LogP contribution in [0.2, 0.25) is 10.0 Å². The average Bonchev–Trinajstić information content (AvgIpc) is 2.71. The highest BCUT2D eigenvalue weighted by atomic mass is 35.5. The Morgan fingerprint density at radius 2 is 1.95 bits per heavy atom. The summed E-state index contributed by atoms with van der Waals surface area (Å²) >= 11 is 11.7. The van der Waals surface area contributed by atoms with Crippen molar-refractivity contribution < 1.29 is 19.4 Å². The Morgan fingerprint density at radius 1 is 1.35 bits per heavy atom. The van der Waals surface area contributed by atoms with Crippen LogP contribution in [-0.4, -0.2) is 36.2 Å². The summed E-state index contributed by atoms with van der Waals surface area (Å²) in [5.74, 6) is -1.44. The predicted molar refractivity (Wildman–Crippen MR) is 74.3 cm³/mol. The molecule has 20 heavy (non-hydrogen) atoms. The first-order chi connectivity index (χ1) is 9.33. The molecule has 0 aromatic heterocycles. The number of carbonyl (C=O) groups excluding carboxylic acids is 1. The molecule has 1 aromatic carbocycles. The number of benzene rings is 1. The molecule has 1 amide bonds. The quantitative estimate of drug-likeness (QED) is 0.896. The second-order valence-electron chi connectivity index (χ2n) is 4.92. The van der Waals surface area contributed by atoms with Gasteiger partial charge in [-0.1, -0.05) is 23.2 Å². The summed E-state index contributed by atoms with van der Waals surface area (Å²) in [6.45, 7) is 1.75. The highest BCUT2D eigenvalue weighted by Gasteiger charge is 2.47. The fraction of sp³-hybridized carbons (Fsp3) is 0.385. The van der Waals surface area contributed by atoms with Crippen molar-refractivity contribution in [2.45, 2.75) is 13.0 Å². The zero-order valence-electron chi connectivity index (χ0n) is 10.7. The van der Waals surface area contributed by atoms with Crippen LogP contribution in [0.5, 0.6) is 0 Å². The number of hydrogen-bond acceptors (Lipinski definition) is 3. The summed E-state index contributed by atoms with van der Waals surface area (Å²) in [5, 5.41) is 12.6. The normalized spacial score (nSPS) is 25.4. The fourth-order valence-corrected chi connectivity index (χ4v) is 2.54. The molecule has 2 N–H and O–H groups in total. The first-order valence-corrected chi connectivity index (χ1v) is 6.66. The van der Waals surface area contributed by atoms with Crippen LogP contribution in [0.15, 0.2) is 18.2 Å². The number of carbonyl (C=O) groups is 2. The maximum Gasteiger partial charge on any atom is 0.313 e. The minimum atomic E-state index is -1.14. The third-order valence-corrected chi connectivity index (χ3v) is 3.81. The number of carboxylic acids is 1. The Morgan fingerprint density at radius 3 is 2.50 bits per heavy atom. The van der Waals surface area contributed by atoms with E-state index >= 15 is 0 Å². The van der Waals surface area contributed by atoms with Gasteiger partial charge in [-0.3, -0.25) is 9.59 Å². The van der Waals surface area contributed by atoms with E-state index in [0.29, 0.717) is 10.0 Å². The van der Waals surface area contributed by atoms with Gasteiger partial charge in [0.25, 0.3) is 5.91 Å². The van der Waals surface area contributed by atoms with Crippen LogP contribution in [-0.2, 0) is 9.53 Å². The van der Waals surface area contributed by atoms with Crippen LogP contribution >= 0.6 is 23.2 Å². The van der Waals surface area contributed by atoms with Gasteiger partial charge in [0, 0.05) is 15.6 Å². The van der Waals surface area contributed by atoms with Crippen molar-refractivity contribution in [3.8, 4) is 0 Å². The van der Waals surface area contributed by atoms with Gasteiger partial charge in [-0.2, -0.15) is 0 Å². The number of ether oxygens (including phenoxy) is 1. The topological polar surface area (TPSA) is 75.6 Å². The Hall–Kier alpha value is -1.30. The monoisotopic (exact) mass is 317 g/mol. The molecule has 2 unspecified atom stereocenters. The maximum absolute atomic E-state index is 12.1. The molecular weight excluding hydrogens is 305 g/mol. The number of halogens is 2. The Bertz CT molecular complexity index is 543. The van der Waals surface area contributed by atoms with Crippen molar-refractivity contribution in [1.29, 1.82) is 0 Å². The number of amides is 1. The summed E-state index contributed by atoms with van der Waals surface area (Å²) in [5.41, 5.74) is -0.861. The zero-order chi connectivity index (χ0) is 14.9. The largest absolute Gasteiger partial charge is 0.481 e. The minimum absolute atomic E-state index is 0.0591. The molecule has 1 aliphatic heterocycles. The zero-order valence-corrected chi connectivity index (χ0v) is 12.2. The molecule has 2 rings (SSSR count). The van der Waals surface area contributed by atoms with Gasteiger partial charge >= 0.3 is 5.97 Å². The molecule has 5 nitrogen and oxygen atoms in total. The van der Waals surface area contributed by atoms with Gasteiger partial charge in [0.1, 0.15) is 5.41 Å². The van der Waals surface area contributed by atoms with Crippen molar-refractivity contribution in [2.24, 2.45) is 5.41 Å². The van der Waals surface area contributed by atoms with Crippen LogP contribution in [0.1, 0.15) is 17.3 Å². The SMILES string of the molecule is CC1(C(=O)O)COCC1NC(=O)c1cc(Cl)cc(Cl)c1. The predicted octanol–water partition coefficient (Wildman–Crippen LogP) is 2.21. The van der Waals surface area contributed by atoms with E-state index in [1.54, 1.807) is 0 Å². The first-order valence-electron chi connectivity index (χ1n) is 5.91. The minimum Gasteiger partial charge on any atom is -0.481 e. The van der Waals surface area contributed by atoms with Gasteiger partial charge in [-0.25, -0.2) is 0 Å². The van der Waals surface area contributed by atoms with Crippen molar-refractivity contribution in [2.75, 3.05) is 13.2 Å². The Labute approximate surface area is 125 Å². The van der Waals surface area contributed by atoms with E-state index in [0.717, 1.165) is 0 Å². The van der Waals surface area contributed by atoms with Crippen LogP contribution in [0.25, 0.3) is 0 Å². The molecule has 0 bridgehead atoms. The Balaban J connectivity index is 2.17. The molecule has 1 heterocycles. The number of aliphatic carboxylic acids is 1. The van der Waals surface area contributed by atoms with Crippen LogP contribution < -0.4 is 5.32 Å². The van der Waals surface area contributed by atoms with Gasteiger partial charge < -0.3 is 15.2 Å². The molecule has 1 saturated heterocycles. The third-order valence-electron chi connectivity index (χ3n) is 3.37. The molecule has 0 saturated carbocycles. The second kappa shape index (κ2) is 5.60. The van der Waals surface area contributed by atoms with E-state index in [1.807, 2.05) is 0 Å². The fourth-order valence-electron chi connectivity index (χ4n) is 2.01. The summed E-state index contributed by atoms with van der Waals surface area (Å²) in [4.78, 5) is 23.4. The molecule has 1 aromatic rings. The van der Waals surface area contributed by atoms with Gasteiger partial charge in [0.2, 0.25) is 0 Å². The lowest BCUT2D eigenvalue weighted by Gasteiger charge is -2.25. The summed E-state index contributed by atoms with van der Waals surface area (Å²) < 4.78 is 5.17. The van der Waals surface area contributed by atoms with E-state index in [9.17, 15) is 14.7 Å². The van der Waals surface area contributed by atoms with Crippen molar-refractivity contribution >= 4 is 35.1 Å². The second-order valence-corrected chi connectivity index (χ2v) is 5.79. The smallest absolute Gasteiger partial charge is 0.313 e. The molecule has 108 valence electrons. The van der Waals surface area contributed by atoms with Gasteiger partial charge in [0.05, 0.1) is 19.3 Å². The number of nitrogens with one attached hydrogen (secondary N) is 1. The molecule has 0 aliphatic carbocycles. The van der Waals surface area contributed by atoms with E-state index < -0.39 is 23.3 Å². The van der Waals surface area contributed by atoms with Gasteiger partial charge in [0.15, 0.2) is 0 Å². The lowest BCUT2D eigenvalue weighted by Crippen LogP contribution is -2.49. The molecular formula is C13H13Cl2NO4. The lowest BCUT2D eigenvalue weighted by atomic mass is 9.85. The van der Waals surface area contributed by atoms with Crippen molar-refractivity contribution in [3.63, 3.8) is 0 Å². The van der Waals surface area contributed by atoms with Crippen LogP contribution in [0.4, 0.5) is 0 Å². The summed E-state index contributed by atoms with van der Waals surface area (Å²) in [6.07, 6.45) is 0. The molecule has 7 heteroatoms. The van der Waals surface area contributed by atoms with Gasteiger partial charge in [-0.15, -0.1) is 0 Å². The number of carboxylic acid groups (broad SMARTS) is 1. The highest BCUT2D eigenvalue weighted by molar-refractivity contribution is 6.35. The van der Waals surface area contributed by atoms with E-state index in [1.165, 1.54) is 25.1 Å². The average molecular weight is 318 g/mol. The molecule has 2 atom stereocenters. The van der Waals surface area contributed by atoms with Crippen LogP contribution in [0.3, 0.4) is 0 Å². The molecule has 1 aliphatic rings. The number of rotatable bonds is 3. The molecule has 1 fully saturated rings. The van der Waals surface area contributed by atoms with Crippen LogP contribution in [0, 0.1) is 5.41 Å². The van der Waals surface area contributed by atoms with E-state index in [2.05, 4.69) is 5.32 Å². The van der Waals surface area contributed by atoms with E-state index in [4.69, 9.17) is 27.9 Å². The Kier molecular flexibility index (Phi) is 4.22. The highest BCUT2D eigenvalue weighted by Crippen LogP contribution is 2.29. The molecule has 0 spiro atoms. The molecule has 0 radical (unpaired) electrons.